The van der Waals surface area contributed by atoms with Gasteiger partial charge in [-0.25, -0.2) is 0 Å². The largest absolute Gasteiger partial charge is 0.145 e. The summed E-state index contributed by atoms with van der Waals surface area (Å²) in [6.07, 6.45) is 0. The fourth-order valence-corrected chi connectivity index (χ4v) is 3.23. The molecule has 1 heteroatoms. The number of hydrogen-bond acceptors (Lipinski definition) is 1. The van der Waals surface area contributed by atoms with E-state index in [-0.39, 0.29) is 0 Å². The average Bonchev–Trinajstić information content (AvgIpc) is 2.53. The van der Waals surface area contributed by atoms with Crippen LogP contribution in [0.25, 0.3) is 5.57 Å². The van der Waals surface area contributed by atoms with Crippen LogP contribution in [-0.2, 0) is 0 Å². The summed E-state index contributed by atoms with van der Waals surface area (Å²) >= 11 is 1.86. The molecule has 0 fully saturated rings. The molecule has 17 heavy (non-hydrogen) atoms. The first-order valence-corrected chi connectivity index (χ1v) is 6.65. The molecule has 0 spiro atoms. The molecule has 2 aromatic rings. The third kappa shape index (κ3) is 2.20. The van der Waals surface area contributed by atoms with Crippen molar-refractivity contribution in [1.82, 2.24) is 0 Å². The van der Waals surface area contributed by atoms with Crippen LogP contribution in [0.3, 0.4) is 0 Å². The van der Waals surface area contributed by atoms with Crippen molar-refractivity contribution in [2.75, 3.05) is 0 Å². The molecule has 0 unspecified atom stereocenters. The minimum absolute atomic E-state index is 1.14. The van der Waals surface area contributed by atoms with Crippen LogP contribution in [0, 0.1) is 27.7 Å². The zero-order valence-electron chi connectivity index (χ0n) is 10.9. The van der Waals surface area contributed by atoms with E-state index in [4.69, 9.17) is 0 Å². The zero-order chi connectivity index (χ0) is 12.6. The quantitative estimate of drug-likeness (QED) is 0.692. The SMILES string of the molecule is C=C(c1ccc(C)cc1)c1c(C)sc(C)c1C. The summed E-state index contributed by atoms with van der Waals surface area (Å²) in [5.41, 5.74) is 6.36. The first-order valence-electron chi connectivity index (χ1n) is 5.83. The Morgan fingerprint density at radius 1 is 0.941 bits per heavy atom. The normalized spacial score (nSPS) is 10.6. The maximum atomic E-state index is 4.27. The van der Waals surface area contributed by atoms with Gasteiger partial charge in [0.05, 0.1) is 0 Å². The topological polar surface area (TPSA) is 0 Å². The maximum absolute atomic E-state index is 4.27. The number of hydrogen-bond donors (Lipinski definition) is 0. The van der Waals surface area contributed by atoms with E-state index < -0.39 is 0 Å². The van der Waals surface area contributed by atoms with Gasteiger partial charge in [-0.2, -0.15) is 0 Å². The first-order chi connectivity index (χ1) is 8.00. The van der Waals surface area contributed by atoms with Crippen molar-refractivity contribution in [3.63, 3.8) is 0 Å². The van der Waals surface area contributed by atoms with E-state index in [2.05, 4.69) is 58.5 Å². The van der Waals surface area contributed by atoms with E-state index in [1.807, 2.05) is 11.3 Å². The molecule has 0 bridgehead atoms. The number of rotatable bonds is 2. The molecular weight excluding hydrogens is 224 g/mol. The highest BCUT2D eigenvalue weighted by Crippen LogP contribution is 2.34. The van der Waals surface area contributed by atoms with Crippen LogP contribution in [0.5, 0.6) is 0 Å². The van der Waals surface area contributed by atoms with Gasteiger partial charge >= 0.3 is 0 Å². The van der Waals surface area contributed by atoms with Gasteiger partial charge in [-0.05, 0) is 50.0 Å². The fourth-order valence-electron chi connectivity index (χ4n) is 2.14. The predicted molar refractivity (Wildman–Crippen MR) is 77.8 cm³/mol. The Morgan fingerprint density at radius 2 is 1.53 bits per heavy atom. The van der Waals surface area contributed by atoms with Gasteiger partial charge in [-0.15, -0.1) is 11.3 Å². The van der Waals surface area contributed by atoms with Crippen molar-refractivity contribution in [3.8, 4) is 0 Å². The highest BCUT2D eigenvalue weighted by atomic mass is 32.1. The van der Waals surface area contributed by atoms with E-state index >= 15 is 0 Å². The van der Waals surface area contributed by atoms with Crippen LogP contribution < -0.4 is 0 Å². The van der Waals surface area contributed by atoms with E-state index in [9.17, 15) is 0 Å². The molecule has 2 rings (SSSR count). The summed E-state index contributed by atoms with van der Waals surface area (Å²) in [6, 6.07) is 8.60. The Morgan fingerprint density at radius 3 is 2.00 bits per heavy atom. The van der Waals surface area contributed by atoms with Crippen LogP contribution in [0.1, 0.15) is 32.0 Å². The predicted octanol–water partition coefficient (Wildman–Crippen LogP) is 5.04. The molecule has 0 atom stereocenters. The van der Waals surface area contributed by atoms with Crippen LogP contribution >= 0.6 is 11.3 Å². The van der Waals surface area contributed by atoms with E-state index in [0.717, 1.165) is 5.57 Å². The lowest BCUT2D eigenvalue weighted by Crippen LogP contribution is -1.89. The molecule has 0 nitrogen and oxygen atoms in total. The lowest BCUT2D eigenvalue weighted by molar-refractivity contribution is 1.38. The second-order valence-electron chi connectivity index (χ2n) is 4.56. The molecule has 0 aliphatic heterocycles. The average molecular weight is 242 g/mol. The van der Waals surface area contributed by atoms with Gasteiger partial charge in [0.15, 0.2) is 0 Å². The maximum Gasteiger partial charge on any atom is 0.00981 e. The van der Waals surface area contributed by atoms with Gasteiger partial charge in [0.1, 0.15) is 0 Å². The lowest BCUT2D eigenvalue weighted by Gasteiger charge is -2.08. The lowest BCUT2D eigenvalue weighted by atomic mass is 9.96. The highest BCUT2D eigenvalue weighted by Gasteiger charge is 2.13. The van der Waals surface area contributed by atoms with Crippen molar-refractivity contribution in [2.24, 2.45) is 0 Å². The molecule has 0 saturated carbocycles. The molecule has 0 aliphatic carbocycles. The number of benzene rings is 1. The third-order valence-corrected chi connectivity index (χ3v) is 4.39. The van der Waals surface area contributed by atoms with Gasteiger partial charge in [-0.3, -0.25) is 0 Å². The molecular formula is C16H18S. The van der Waals surface area contributed by atoms with Crippen LogP contribution in [0.2, 0.25) is 0 Å². The summed E-state index contributed by atoms with van der Waals surface area (Å²) in [5.74, 6) is 0. The molecule has 0 saturated heterocycles. The molecule has 1 aromatic heterocycles. The van der Waals surface area contributed by atoms with Crippen molar-refractivity contribution in [3.05, 3.63) is 62.9 Å². The van der Waals surface area contributed by atoms with Crippen LogP contribution in [0.4, 0.5) is 0 Å². The highest BCUT2D eigenvalue weighted by molar-refractivity contribution is 7.12. The summed E-state index contributed by atoms with van der Waals surface area (Å²) < 4.78 is 0. The van der Waals surface area contributed by atoms with Crippen LogP contribution in [-0.4, -0.2) is 0 Å². The summed E-state index contributed by atoms with van der Waals surface area (Å²) in [5, 5.41) is 0. The molecule has 0 radical (unpaired) electrons. The smallest absolute Gasteiger partial charge is 0.00981 e. The monoisotopic (exact) mass is 242 g/mol. The van der Waals surface area contributed by atoms with Crippen molar-refractivity contribution >= 4 is 16.9 Å². The van der Waals surface area contributed by atoms with Gasteiger partial charge in [0.2, 0.25) is 0 Å². The van der Waals surface area contributed by atoms with E-state index in [1.54, 1.807) is 0 Å². The minimum atomic E-state index is 1.14. The second kappa shape index (κ2) is 4.50. The Labute approximate surface area is 108 Å². The Kier molecular flexibility index (Phi) is 3.21. The Bertz CT molecular complexity index is 556. The van der Waals surface area contributed by atoms with Crippen molar-refractivity contribution in [1.29, 1.82) is 0 Å². The second-order valence-corrected chi connectivity index (χ2v) is 5.99. The number of aryl methyl sites for hydroxylation is 3. The van der Waals surface area contributed by atoms with Gasteiger partial charge < -0.3 is 0 Å². The number of thiophene rings is 1. The molecule has 0 N–H and O–H groups in total. The molecule has 0 amide bonds. The van der Waals surface area contributed by atoms with Crippen molar-refractivity contribution < 1.29 is 0 Å². The molecule has 0 aliphatic rings. The van der Waals surface area contributed by atoms with Gasteiger partial charge in [0, 0.05) is 9.75 Å². The first kappa shape index (κ1) is 12.1. The summed E-state index contributed by atoms with van der Waals surface area (Å²) in [6.45, 7) is 12.9. The Hall–Kier alpha value is -1.34. The standard InChI is InChI=1S/C16H18S/c1-10-6-8-15(9-7-10)12(3)16-11(2)13(4)17-14(16)5/h6-9H,3H2,1-2,4-5H3. The molecule has 1 heterocycles. The van der Waals surface area contributed by atoms with Crippen LogP contribution in [0.15, 0.2) is 30.8 Å². The third-order valence-electron chi connectivity index (χ3n) is 3.26. The fraction of sp³-hybridized carbons (Fsp3) is 0.250. The molecule has 88 valence electrons. The van der Waals surface area contributed by atoms with Gasteiger partial charge in [0.25, 0.3) is 0 Å². The summed E-state index contributed by atoms with van der Waals surface area (Å²) in [7, 11) is 0. The van der Waals surface area contributed by atoms with E-state index in [1.165, 1.54) is 32.0 Å². The van der Waals surface area contributed by atoms with Crippen molar-refractivity contribution in [2.45, 2.75) is 27.7 Å². The summed E-state index contributed by atoms with van der Waals surface area (Å²) in [4.78, 5) is 2.76. The van der Waals surface area contributed by atoms with Gasteiger partial charge in [-0.1, -0.05) is 36.4 Å². The van der Waals surface area contributed by atoms with E-state index in [0.29, 0.717) is 0 Å². The Balaban J connectivity index is 2.47. The molecule has 1 aromatic carbocycles. The zero-order valence-corrected chi connectivity index (χ0v) is 11.7. The minimum Gasteiger partial charge on any atom is -0.145 e.